The van der Waals surface area contributed by atoms with Gasteiger partial charge in [0.25, 0.3) is 5.56 Å². The van der Waals surface area contributed by atoms with E-state index in [0.717, 1.165) is 29.4 Å². The van der Waals surface area contributed by atoms with E-state index in [4.69, 9.17) is 10.5 Å². The van der Waals surface area contributed by atoms with Crippen molar-refractivity contribution in [3.63, 3.8) is 0 Å². The summed E-state index contributed by atoms with van der Waals surface area (Å²) in [7, 11) is 0. The number of nitrogens with two attached hydrogens (primary N) is 1. The lowest BCUT2D eigenvalue weighted by Gasteiger charge is -2.23. The van der Waals surface area contributed by atoms with Gasteiger partial charge in [0.05, 0.1) is 12.5 Å². The molecule has 0 saturated heterocycles. The number of ether oxygens (including phenoxy) is 1. The van der Waals surface area contributed by atoms with Crippen molar-refractivity contribution in [1.82, 2.24) is 9.13 Å². The van der Waals surface area contributed by atoms with Crippen LogP contribution in [0.15, 0.2) is 39.9 Å². The van der Waals surface area contributed by atoms with Gasteiger partial charge in [-0.1, -0.05) is 36.8 Å². The number of Topliss-reactive ketones (excluding diaryl/α,β-unsaturated/α-hetero) is 1. The Kier molecular flexibility index (Phi) is 5.77. The summed E-state index contributed by atoms with van der Waals surface area (Å²) in [4.78, 5) is 49.8. The van der Waals surface area contributed by atoms with Gasteiger partial charge in [0.15, 0.2) is 6.61 Å². The molecular formula is C20H23N3O5. The molecule has 2 aromatic rings. The van der Waals surface area contributed by atoms with Gasteiger partial charge in [0, 0.05) is 6.54 Å². The van der Waals surface area contributed by atoms with Crippen molar-refractivity contribution in [3.05, 3.63) is 62.3 Å². The van der Waals surface area contributed by atoms with Crippen molar-refractivity contribution in [2.45, 2.75) is 39.3 Å². The molecule has 1 fully saturated rings. The zero-order chi connectivity index (χ0) is 20.3. The van der Waals surface area contributed by atoms with Crippen LogP contribution in [0.5, 0.6) is 0 Å². The Morgan fingerprint density at radius 2 is 1.82 bits per heavy atom. The Labute approximate surface area is 161 Å². The van der Waals surface area contributed by atoms with Crippen molar-refractivity contribution in [1.29, 1.82) is 0 Å². The van der Waals surface area contributed by atoms with Gasteiger partial charge in [-0.25, -0.2) is 4.79 Å². The normalized spacial score (nSPS) is 13.8. The molecule has 0 atom stereocenters. The molecule has 148 valence electrons. The summed E-state index contributed by atoms with van der Waals surface area (Å²) >= 11 is 0. The molecule has 0 spiro atoms. The summed E-state index contributed by atoms with van der Waals surface area (Å²) in [5.41, 5.74) is 5.18. The highest BCUT2D eigenvalue weighted by atomic mass is 16.5. The lowest BCUT2D eigenvalue weighted by Crippen LogP contribution is -2.44. The van der Waals surface area contributed by atoms with Gasteiger partial charge >= 0.3 is 11.7 Å². The van der Waals surface area contributed by atoms with Gasteiger partial charge in [-0.3, -0.25) is 23.5 Å². The summed E-state index contributed by atoms with van der Waals surface area (Å²) < 4.78 is 7.21. The van der Waals surface area contributed by atoms with Crippen LogP contribution in [-0.2, 0) is 22.6 Å². The van der Waals surface area contributed by atoms with Gasteiger partial charge in [-0.05, 0) is 25.3 Å². The van der Waals surface area contributed by atoms with Crippen LogP contribution in [0.25, 0.3) is 0 Å². The fourth-order valence-electron chi connectivity index (χ4n) is 3.15. The number of hydrogen-bond acceptors (Lipinski definition) is 6. The Bertz CT molecular complexity index is 1000. The molecule has 1 aliphatic carbocycles. The Morgan fingerprint density at radius 1 is 1.14 bits per heavy atom. The van der Waals surface area contributed by atoms with E-state index in [0.29, 0.717) is 0 Å². The van der Waals surface area contributed by atoms with E-state index in [1.807, 2.05) is 30.3 Å². The second-order valence-electron chi connectivity index (χ2n) is 6.82. The van der Waals surface area contributed by atoms with Crippen molar-refractivity contribution >= 4 is 17.6 Å². The molecule has 2 N–H and O–H groups in total. The van der Waals surface area contributed by atoms with Crippen molar-refractivity contribution < 1.29 is 14.3 Å². The first-order valence-corrected chi connectivity index (χ1v) is 9.30. The van der Waals surface area contributed by atoms with Crippen molar-refractivity contribution in [2.75, 3.05) is 12.3 Å². The number of nitrogens with zero attached hydrogens (tertiary/aromatic N) is 2. The highest BCUT2D eigenvalue weighted by Gasteiger charge is 2.28. The van der Waals surface area contributed by atoms with Gasteiger partial charge in [0.1, 0.15) is 11.4 Å². The van der Waals surface area contributed by atoms with Gasteiger partial charge in [-0.15, -0.1) is 0 Å². The number of anilines is 1. The monoisotopic (exact) mass is 385 g/mol. The van der Waals surface area contributed by atoms with Crippen LogP contribution in [-0.4, -0.2) is 27.5 Å². The average Bonchev–Trinajstić information content (AvgIpc) is 2.63. The first-order chi connectivity index (χ1) is 13.4. The topological polar surface area (TPSA) is 113 Å². The minimum absolute atomic E-state index is 0.0921. The third-order valence-electron chi connectivity index (χ3n) is 5.03. The zero-order valence-corrected chi connectivity index (χ0v) is 15.7. The number of carbonyl (C=O) groups excluding carboxylic acids is 2. The van der Waals surface area contributed by atoms with E-state index in [1.54, 1.807) is 6.92 Å². The number of rotatable bonds is 7. The van der Waals surface area contributed by atoms with Crippen LogP contribution in [0.4, 0.5) is 5.82 Å². The van der Waals surface area contributed by atoms with E-state index in [-0.39, 0.29) is 30.4 Å². The number of benzene rings is 1. The smallest absolute Gasteiger partial charge is 0.332 e. The molecule has 8 heteroatoms. The largest absolute Gasteiger partial charge is 0.457 e. The molecule has 0 amide bonds. The third kappa shape index (κ3) is 3.76. The number of esters is 1. The number of aromatic nitrogens is 2. The zero-order valence-electron chi connectivity index (χ0n) is 15.7. The van der Waals surface area contributed by atoms with E-state index < -0.39 is 29.6 Å². The number of carbonyl (C=O) groups is 2. The SMILES string of the molecule is CCn1c(=O)c(C(=O)COC(=O)C2CCC2)c(N)n(Cc2ccccc2)c1=O. The first kappa shape index (κ1) is 19.6. The van der Waals surface area contributed by atoms with Gasteiger partial charge in [-0.2, -0.15) is 0 Å². The molecule has 1 aromatic heterocycles. The lowest BCUT2D eigenvalue weighted by atomic mass is 9.86. The Hall–Kier alpha value is -3.16. The molecule has 0 aliphatic heterocycles. The summed E-state index contributed by atoms with van der Waals surface area (Å²) in [5, 5.41) is 0. The predicted octanol–water partition coefficient (Wildman–Crippen LogP) is 1.19. The van der Waals surface area contributed by atoms with Crippen molar-refractivity contribution in [3.8, 4) is 0 Å². The number of nitrogen functional groups attached to an aromatic ring is 1. The summed E-state index contributed by atoms with van der Waals surface area (Å²) in [6.45, 7) is 1.28. The van der Waals surface area contributed by atoms with Gasteiger partial charge in [0.2, 0.25) is 5.78 Å². The van der Waals surface area contributed by atoms with E-state index in [9.17, 15) is 19.2 Å². The number of ketones is 1. The van der Waals surface area contributed by atoms with Crippen LogP contribution < -0.4 is 17.0 Å². The second kappa shape index (κ2) is 8.24. The van der Waals surface area contributed by atoms with Crippen LogP contribution in [0, 0.1) is 5.92 Å². The van der Waals surface area contributed by atoms with Crippen LogP contribution >= 0.6 is 0 Å². The molecular weight excluding hydrogens is 362 g/mol. The van der Waals surface area contributed by atoms with E-state index in [2.05, 4.69) is 0 Å². The first-order valence-electron chi connectivity index (χ1n) is 9.30. The molecule has 1 aromatic carbocycles. The van der Waals surface area contributed by atoms with Crippen LogP contribution in [0.2, 0.25) is 0 Å². The fourth-order valence-corrected chi connectivity index (χ4v) is 3.15. The molecule has 1 heterocycles. The predicted molar refractivity (Wildman–Crippen MR) is 103 cm³/mol. The summed E-state index contributed by atoms with van der Waals surface area (Å²) in [6.07, 6.45) is 2.46. The van der Waals surface area contributed by atoms with Crippen LogP contribution in [0.3, 0.4) is 0 Å². The molecule has 0 unspecified atom stereocenters. The minimum atomic E-state index is -0.765. The standard InChI is InChI=1S/C20H23N3O5/c1-2-22-18(25)16(15(24)12-28-19(26)14-9-6-10-14)17(21)23(20(22)27)11-13-7-4-3-5-8-13/h3-5,7-8,14H,2,6,9-12,21H2,1H3. The van der Waals surface area contributed by atoms with Crippen molar-refractivity contribution in [2.24, 2.45) is 5.92 Å². The molecule has 0 radical (unpaired) electrons. The molecule has 1 saturated carbocycles. The van der Waals surface area contributed by atoms with E-state index in [1.165, 1.54) is 4.57 Å². The Morgan fingerprint density at radius 3 is 2.39 bits per heavy atom. The molecule has 1 aliphatic rings. The Balaban J connectivity index is 1.94. The maximum atomic E-state index is 12.7. The number of hydrogen-bond donors (Lipinski definition) is 1. The maximum absolute atomic E-state index is 12.7. The lowest BCUT2D eigenvalue weighted by molar-refractivity contribution is -0.150. The molecule has 28 heavy (non-hydrogen) atoms. The highest BCUT2D eigenvalue weighted by molar-refractivity contribution is 6.01. The highest BCUT2D eigenvalue weighted by Crippen LogP contribution is 2.27. The summed E-state index contributed by atoms with van der Waals surface area (Å²) in [6, 6.07) is 9.11. The van der Waals surface area contributed by atoms with E-state index >= 15 is 0 Å². The fraction of sp³-hybridized carbons (Fsp3) is 0.400. The minimum Gasteiger partial charge on any atom is -0.457 e. The third-order valence-corrected chi connectivity index (χ3v) is 5.03. The second-order valence-corrected chi connectivity index (χ2v) is 6.82. The quantitative estimate of drug-likeness (QED) is 0.566. The molecule has 8 nitrogen and oxygen atoms in total. The maximum Gasteiger partial charge on any atom is 0.332 e. The molecule has 3 rings (SSSR count). The average molecular weight is 385 g/mol. The molecule has 0 bridgehead atoms. The van der Waals surface area contributed by atoms with Crippen LogP contribution in [0.1, 0.15) is 42.1 Å². The summed E-state index contributed by atoms with van der Waals surface area (Å²) in [5.74, 6) is -1.54. The van der Waals surface area contributed by atoms with Gasteiger partial charge < -0.3 is 10.5 Å².